The molecule has 4 nitrogen and oxygen atoms in total. The number of hydrogen-bond donors (Lipinski definition) is 1. The van der Waals surface area contributed by atoms with E-state index in [-0.39, 0.29) is 23.7 Å². The van der Waals surface area contributed by atoms with Crippen molar-refractivity contribution in [3.8, 4) is 0 Å². The lowest BCUT2D eigenvalue weighted by Gasteiger charge is -2.30. The maximum Gasteiger partial charge on any atom is 0.417 e. The first-order valence-electron chi connectivity index (χ1n) is 10.4. The lowest BCUT2D eigenvalue weighted by Crippen LogP contribution is -2.32. The molecule has 2 aromatic rings. The van der Waals surface area contributed by atoms with Crippen molar-refractivity contribution in [1.82, 2.24) is 4.98 Å². The number of aliphatic hydroxyl groups is 1. The number of ether oxygens (including phenoxy) is 1. The molecule has 0 bridgehead atoms. The number of nitrogens with zero attached hydrogens (tertiary/aromatic N) is 1. The summed E-state index contributed by atoms with van der Waals surface area (Å²) in [4.78, 5) is 16.7. The number of aryl methyl sites for hydroxylation is 3. The zero-order chi connectivity index (χ0) is 23.6. The number of pyridine rings is 1. The van der Waals surface area contributed by atoms with E-state index in [4.69, 9.17) is 4.74 Å². The van der Waals surface area contributed by atoms with Gasteiger partial charge >= 0.3 is 12.1 Å². The van der Waals surface area contributed by atoms with Crippen LogP contribution in [0.25, 0.3) is 5.57 Å². The van der Waals surface area contributed by atoms with Crippen LogP contribution in [0.15, 0.2) is 41.2 Å². The molecular weight excluding hydrogens is 439 g/mol. The minimum absolute atomic E-state index is 0.0115. The molecule has 0 spiro atoms. The van der Waals surface area contributed by atoms with Crippen molar-refractivity contribution >= 4 is 23.3 Å². The number of thioether (sulfide) groups is 1. The largest absolute Gasteiger partial charge is 0.511 e. The molecule has 32 heavy (non-hydrogen) atoms. The summed E-state index contributed by atoms with van der Waals surface area (Å²) in [6, 6.07) is 6.31. The number of benzene rings is 1. The molecule has 1 aliphatic heterocycles. The summed E-state index contributed by atoms with van der Waals surface area (Å²) in [5.41, 5.74) is 3.14. The van der Waals surface area contributed by atoms with Gasteiger partial charge < -0.3 is 9.84 Å². The number of alkyl halides is 3. The van der Waals surface area contributed by atoms with Crippen LogP contribution in [0.3, 0.4) is 0 Å². The molecule has 1 aromatic carbocycles. The number of esters is 1. The first kappa shape index (κ1) is 24.2. The first-order chi connectivity index (χ1) is 15.0. The van der Waals surface area contributed by atoms with Crippen molar-refractivity contribution in [3.63, 3.8) is 0 Å². The van der Waals surface area contributed by atoms with Crippen LogP contribution in [0, 0.1) is 19.8 Å². The molecule has 0 saturated carbocycles. The van der Waals surface area contributed by atoms with Gasteiger partial charge in [-0.2, -0.15) is 13.2 Å². The van der Waals surface area contributed by atoms with Gasteiger partial charge in [-0.1, -0.05) is 31.5 Å². The van der Waals surface area contributed by atoms with Gasteiger partial charge in [0.15, 0.2) is 0 Å². The molecule has 3 rings (SSSR count). The second-order valence-corrected chi connectivity index (χ2v) is 9.15. The van der Waals surface area contributed by atoms with Crippen LogP contribution < -0.4 is 0 Å². The van der Waals surface area contributed by atoms with Crippen molar-refractivity contribution in [2.45, 2.75) is 57.8 Å². The molecule has 0 aliphatic carbocycles. The first-order valence-corrected chi connectivity index (χ1v) is 11.4. The second kappa shape index (κ2) is 9.57. The summed E-state index contributed by atoms with van der Waals surface area (Å²) in [6.45, 7) is 7.78. The van der Waals surface area contributed by atoms with Crippen LogP contribution in [0.5, 0.6) is 0 Å². The molecular formula is C24H26F3NO3S. The van der Waals surface area contributed by atoms with E-state index in [0.29, 0.717) is 10.8 Å². The Labute approximate surface area is 189 Å². The van der Waals surface area contributed by atoms with Gasteiger partial charge in [0.25, 0.3) is 0 Å². The number of carbonyl (C=O) groups is 1. The van der Waals surface area contributed by atoms with Crippen LogP contribution in [0.1, 0.15) is 48.1 Å². The summed E-state index contributed by atoms with van der Waals surface area (Å²) in [7, 11) is 0. The zero-order valence-corrected chi connectivity index (χ0v) is 19.2. The van der Waals surface area contributed by atoms with E-state index >= 15 is 0 Å². The highest BCUT2D eigenvalue weighted by Gasteiger charge is 2.35. The Kier molecular flexibility index (Phi) is 7.22. The average Bonchev–Trinajstić information content (AvgIpc) is 2.72. The number of carbonyl (C=O) groups excluding carboxylic acids is 1. The Morgan fingerprint density at radius 1 is 1.28 bits per heavy atom. The summed E-state index contributed by atoms with van der Waals surface area (Å²) in [5, 5.41) is 11.2. The van der Waals surface area contributed by atoms with Gasteiger partial charge in [-0.25, -0.2) is 9.78 Å². The third-order valence-corrected chi connectivity index (χ3v) is 6.76. The smallest absolute Gasteiger partial charge is 0.417 e. The van der Waals surface area contributed by atoms with E-state index in [9.17, 15) is 23.1 Å². The van der Waals surface area contributed by atoms with Crippen LogP contribution >= 0.6 is 11.8 Å². The van der Waals surface area contributed by atoms with E-state index in [1.807, 2.05) is 39.8 Å². The van der Waals surface area contributed by atoms with E-state index in [0.717, 1.165) is 40.9 Å². The minimum Gasteiger partial charge on any atom is -0.511 e. The molecule has 2 atom stereocenters. The molecule has 0 fully saturated rings. The molecule has 1 N–H and O–H groups in total. The lowest BCUT2D eigenvalue weighted by atomic mass is 9.88. The predicted molar refractivity (Wildman–Crippen MR) is 118 cm³/mol. The third-order valence-electron chi connectivity index (χ3n) is 5.53. The third kappa shape index (κ3) is 5.28. The van der Waals surface area contributed by atoms with Crippen LogP contribution in [-0.4, -0.2) is 27.9 Å². The molecule has 172 valence electrons. The van der Waals surface area contributed by atoms with Gasteiger partial charge in [-0.3, -0.25) is 0 Å². The summed E-state index contributed by atoms with van der Waals surface area (Å²) in [6.07, 6.45) is -3.22. The van der Waals surface area contributed by atoms with Crippen molar-refractivity contribution < 1.29 is 27.8 Å². The van der Waals surface area contributed by atoms with Crippen molar-refractivity contribution in [2.75, 3.05) is 5.75 Å². The SMILES string of the molecule is CCc1cc(C)cc(C)c1C1=C(O)CC(C(C)CSc2ccc(C(F)(F)F)cn2)OC1=O. The predicted octanol–water partition coefficient (Wildman–Crippen LogP) is 6.29. The Bertz CT molecular complexity index is 1030. The quantitative estimate of drug-likeness (QED) is 0.401. The highest BCUT2D eigenvalue weighted by atomic mass is 32.2. The number of aromatic nitrogens is 1. The topological polar surface area (TPSA) is 59.4 Å². The zero-order valence-electron chi connectivity index (χ0n) is 18.4. The van der Waals surface area contributed by atoms with Gasteiger partial charge in [-0.05, 0) is 49.1 Å². The molecule has 1 aromatic heterocycles. The highest BCUT2D eigenvalue weighted by molar-refractivity contribution is 7.99. The van der Waals surface area contributed by atoms with E-state index in [2.05, 4.69) is 4.98 Å². The fourth-order valence-corrected chi connectivity index (χ4v) is 4.80. The molecule has 2 unspecified atom stereocenters. The van der Waals surface area contributed by atoms with Crippen molar-refractivity contribution in [3.05, 3.63) is 64.0 Å². The minimum atomic E-state index is -4.42. The maximum absolute atomic E-state index is 12.9. The number of cyclic esters (lactones) is 1. The van der Waals surface area contributed by atoms with Crippen LogP contribution in [0.2, 0.25) is 0 Å². The van der Waals surface area contributed by atoms with E-state index in [1.54, 1.807) is 0 Å². The molecule has 8 heteroatoms. The van der Waals surface area contributed by atoms with E-state index in [1.165, 1.54) is 17.8 Å². The van der Waals surface area contributed by atoms with Gasteiger partial charge in [0.2, 0.25) is 0 Å². The maximum atomic E-state index is 12.9. The summed E-state index contributed by atoms with van der Waals surface area (Å²) in [5.74, 6) is -0.202. The standard InChI is InChI=1S/C24H26F3NO3S/c1-5-16-9-13(2)8-14(3)21(16)22-18(29)10-19(31-23(22)30)15(4)12-32-20-7-6-17(11-28-20)24(25,26)27/h6-9,11,15,19,29H,5,10,12H2,1-4H3. The number of rotatable bonds is 6. The molecule has 0 saturated heterocycles. The fraction of sp³-hybridized carbons (Fsp3) is 0.417. The second-order valence-electron chi connectivity index (χ2n) is 8.11. The van der Waals surface area contributed by atoms with Gasteiger partial charge in [-0.15, -0.1) is 11.8 Å². The van der Waals surface area contributed by atoms with Crippen LogP contribution in [0.4, 0.5) is 13.2 Å². The lowest BCUT2D eigenvalue weighted by molar-refractivity contribution is -0.145. The van der Waals surface area contributed by atoms with Gasteiger partial charge in [0.1, 0.15) is 17.4 Å². The summed E-state index contributed by atoms with van der Waals surface area (Å²) < 4.78 is 43.7. The number of hydrogen-bond acceptors (Lipinski definition) is 5. The molecule has 0 amide bonds. The molecule has 2 heterocycles. The van der Waals surface area contributed by atoms with Crippen molar-refractivity contribution in [2.24, 2.45) is 5.92 Å². The Morgan fingerprint density at radius 3 is 2.56 bits per heavy atom. The number of aliphatic hydroxyl groups excluding tert-OH is 1. The van der Waals surface area contributed by atoms with Crippen molar-refractivity contribution in [1.29, 1.82) is 0 Å². The summed E-state index contributed by atoms with van der Waals surface area (Å²) >= 11 is 1.28. The normalized spacial score (nSPS) is 18.0. The van der Waals surface area contributed by atoms with Crippen LogP contribution in [-0.2, 0) is 22.1 Å². The van der Waals surface area contributed by atoms with Gasteiger partial charge in [0.05, 0.1) is 10.6 Å². The fourth-order valence-electron chi connectivity index (χ4n) is 3.86. The van der Waals surface area contributed by atoms with E-state index < -0.39 is 23.8 Å². The van der Waals surface area contributed by atoms with Gasteiger partial charge in [0, 0.05) is 24.3 Å². The highest BCUT2D eigenvalue weighted by Crippen LogP contribution is 2.36. The Hall–Kier alpha value is -2.48. The Morgan fingerprint density at radius 2 is 2.00 bits per heavy atom. The average molecular weight is 466 g/mol. The Balaban J connectivity index is 1.72. The monoisotopic (exact) mass is 465 g/mol. The molecule has 0 radical (unpaired) electrons. The molecule has 1 aliphatic rings. The number of halogens is 3.